The van der Waals surface area contributed by atoms with Gasteiger partial charge in [0.15, 0.2) is 0 Å². The van der Waals surface area contributed by atoms with Gasteiger partial charge in [0.05, 0.1) is 11.3 Å². The normalized spacial score (nSPS) is 15.1. The molecular formula is C21H20N6OS. The Bertz CT molecular complexity index is 1130. The summed E-state index contributed by atoms with van der Waals surface area (Å²) in [4.78, 5) is 17.5. The zero-order valence-corrected chi connectivity index (χ0v) is 16.6. The number of thiophene rings is 1. The van der Waals surface area contributed by atoms with Crippen LogP contribution in [-0.2, 0) is 6.54 Å². The van der Waals surface area contributed by atoms with Gasteiger partial charge < -0.3 is 4.90 Å². The average molecular weight is 404 g/mol. The molecule has 1 fully saturated rings. The fourth-order valence-electron chi connectivity index (χ4n) is 3.80. The zero-order valence-electron chi connectivity index (χ0n) is 15.8. The maximum atomic E-state index is 13.1. The minimum absolute atomic E-state index is 0.0248. The number of para-hydroxylation sites is 1. The molecule has 0 unspecified atom stereocenters. The number of fused-ring (bicyclic) bond motifs is 1. The topological polar surface area (TPSA) is 67.2 Å². The van der Waals surface area contributed by atoms with Crippen molar-refractivity contribution in [2.45, 2.75) is 6.54 Å². The number of hydrogen-bond donors (Lipinski definition) is 0. The van der Waals surface area contributed by atoms with Crippen LogP contribution in [0, 0.1) is 0 Å². The molecule has 0 spiro atoms. The molecule has 0 aliphatic carbocycles. The number of amides is 1. The summed E-state index contributed by atoms with van der Waals surface area (Å²) in [6.07, 6.45) is 1.51. The number of piperazine rings is 1. The van der Waals surface area contributed by atoms with Crippen LogP contribution in [0.25, 0.3) is 15.8 Å². The SMILES string of the molecule is O=C(c1ccccc1-n1cnnn1)N1CCN(Cc2csc3ccccc23)CC1. The van der Waals surface area contributed by atoms with Crippen molar-refractivity contribution in [2.24, 2.45) is 0 Å². The molecule has 2 aromatic heterocycles. The molecule has 0 N–H and O–H groups in total. The number of carbonyl (C=O) groups excluding carboxylic acids is 1. The lowest BCUT2D eigenvalue weighted by atomic mass is 10.1. The Kier molecular flexibility index (Phi) is 4.79. The highest BCUT2D eigenvalue weighted by molar-refractivity contribution is 7.17. The summed E-state index contributed by atoms with van der Waals surface area (Å²) in [6.45, 7) is 4.08. The van der Waals surface area contributed by atoms with Crippen molar-refractivity contribution in [3.05, 3.63) is 71.4 Å². The van der Waals surface area contributed by atoms with E-state index in [0.717, 1.165) is 19.6 Å². The minimum Gasteiger partial charge on any atom is -0.336 e. The molecule has 1 amide bonds. The number of carbonyl (C=O) groups is 1. The Morgan fingerprint density at radius 2 is 1.79 bits per heavy atom. The van der Waals surface area contributed by atoms with E-state index in [2.05, 4.69) is 50.1 Å². The number of aromatic nitrogens is 4. The number of benzene rings is 2. The second-order valence-corrected chi connectivity index (χ2v) is 8.01. The molecule has 1 saturated heterocycles. The summed E-state index contributed by atoms with van der Waals surface area (Å²) in [5.41, 5.74) is 2.70. The van der Waals surface area contributed by atoms with Crippen molar-refractivity contribution in [2.75, 3.05) is 26.2 Å². The fraction of sp³-hybridized carbons (Fsp3) is 0.238. The highest BCUT2D eigenvalue weighted by atomic mass is 32.1. The lowest BCUT2D eigenvalue weighted by molar-refractivity contribution is 0.0629. The van der Waals surface area contributed by atoms with Crippen molar-refractivity contribution < 1.29 is 4.79 Å². The van der Waals surface area contributed by atoms with Crippen LogP contribution in [0.2, 0.25) is 0 Å². The first-order chi connectivity index (χ1) is 14.3. The fourth-order valence-corrected chi connectivity index (χ4v) is 4.76. The van der Waals surface area contributed by atoms with Crippen LogP contribution in [0.4, 0.5) is 0 Å². The summed E-state index contributed by atoms with van der Waals surface area (Å²) in [7, 11) is 0. The van der Waals surface area contributed by atoms with Crippen molar-refractivity contribution in [3.63, 3.8) is 0 Å². The predicted octanol–water partition coefficient (Wildman–Crippen LogP) is 2.84. The third-order valence-electron chi connectivity index (χ3n) is 5.34. The van der Waals surface area contributed by atoms with E-state index in [1.807, 2.05) is 29.2 Å². The monoisotopic (exact) mass is 404 g/mol. The van der Waals surface area contributed by atoms with Gasteiger partial charge in [-0.1, -0.05) is 30.3 Å². The van der Waals surface area contributed by atoms with Gasteiger partial charge in [0.25, 0.3) is 5.91 Å². The van der Waals surface area contributed by atoms with Gasteiger partial charge in [0.1, 0.15) is 6.33 Å². The molecule has 0 bridgehead atoms. The maximum Gasteiger partial charge on any atom is 0.256 e. The van der Waals surface area contributed by atoms with E-state index >= 15 is 0 Å². The van der Waals surface area contributed by atoms with Gasteiger partial charge in [-0.3, -0.25) is 9.69 Å². The van der Waals surface area contributed by atoms with Gasteiger partial charge in [-0.25, -0.2) is 0 Å². The molecule has 0 atom stereocenters. The van der Waals surface area contributed by atoms with Gasteiger partial charge in [-0.2, -0.15) is 4.68 Å². The van der Waals surface area contributed by atoms with Gasteiger partial charge in [0, 0.05) is 37.4 Å². The second-order valence-electron chi connectivity index (χ2n) is 7.10. The molecule has 3 heterocycles. The maximum absolute atomic E-state index is 13.1. The molecule has 5 rings (SSSR count). The lowest BCUT2D eigenvalue weighted by Gasteiger charge is -2.35. The zero-order chi connectivity index (χ0) is 19.6. The summed E-state index contributed by atoms with van der Waals surface area (Å²) in [5, 5.41) is 14.9. The number of rotatable bonds is 4. The first-order valence-corrected chi connectivity index (χ1v) is 10.5. The summed E-state index contributed by atoms with van der Waals surface area (Å²) < 4.78 is 2.86. The van der Waals surface area contributed by atoms with Crippen LogP contribution in [0.3, 0.4) is 0 Å². The first-order valence-electron chi connectivity index (χ1n) is 9.59. The highest BCUT2D eigenvalue weighted by Gasteiger charge is 2.24. The molecule has 7 nitrogen and oxygen atoms in total. The Balaban J connectivity index is 1.27. The standard InChI is InChI=1S/C21H20N6OS/c28-21(18-6-1-3-7-19(18)27-15-22-23-24-27)26-11-9-25(10-12-26)13-16-14-29-20-8-4-2-5-17(16)20/h1-8,14-15H,9-13H2. The lowest BCUT2D eigenvalue weighted by Crippen LogP contribution is -2.48. The largest absolute Gasteiger partial charge is 0.336 e. The van der Waals surface area contributed by atoms with E-state index in [-0.39, 0.29) is 5.91 Å². The van der Waals surface area contributed by atoms with E-state index in [9.17, 15) is 4.79 Å². The van der Waals surface area contributed by atoms with E-state index in [4.69, 9.17) is 0 Å². The second kappa shape index (κ2) is 7.73. The van der Waals surface area contributed by atoms with E-state index in [0.29, 0.717) is 24.3 Å². The van der Waals surface area contributed by atoms with E-state index < -0.39 is 0 Å². The van der Waals surface area contributed by atoms with Gasteiger partial charge in [0.2, 0.25) is 0 Å². The summed E-state index contributed by atoms with van der Waals surface area (Å²) >= 11 is 1.80. The van der Waals surface area contributed by atoms with Crippen molar-refractivity contribution >= 4 is 27.3 Å². The molecular weight excluding hydrogens is 384 g/mol. The van der Waals surface area contributed by atoms with Crippen LogP contribution < -0.4 is 0 Å². The van der Waals surface area contributed by atoms with E-state index in [1.54, 1.807) is 11.3 Å². The van der Waals surface area contributed by atoms with E-state index in [1.165, 1.54) is 26.7 Å². The van der Waals surface area contributed by atoms with Gasteiger partial charge >= 0.3 is 0 Å². The average Bonchev–Trinajstić information content (AvgIpc) is 3.45. The molecule has 0 radical (unpaired) electrons. The Labute approximate surface area is 172 Å². The van der Waals surface area contributed by atoms with Crippen LogP contribution in [0.5, 0.6) is 0 Å². The molecule has 2 aromatic carbocycles. The number of hydrogen-bond acceptors (Lipinski definition) is 6. The highest BCUT2D eigenvalue weighted by Crippen LogP contribution is 2.27. The Hall–Kier alpha value is -3.10. The quantitative estimate of drug-likeness (QED) is 0.523. The minimum atomic E-state index is 0.0248. The molecule has 1 aliphatic rings. The van der Waals surface area contributed by atoms with Gasteiger partial charge in [-0.15, -0.1) is 16.4 Å². The van der Waals surface area contributed by atoms with Crippen LogP contribution >= 0.6 is 11.3 Å². The summed E-state index contributed by atoms with van der Waals surface area (Å²) in [6, 6.07) is 16.0. The number of nitrogens with zero attached hydrogens (tertiary/aromatic N) is 6. The molecule has 1 aliphatic heterocycles. The smallest absolute Gasteiger partial charge is 0.256 e. The molecule has 29 heavy (non-hydrogen) atoms. The molecule has 0 saturated carbocycles. The third-order valence-corrected chi connectivity index (χ3v) is 6.36. The van der Waals surface area contributed by atoms with Crippen LogP contribution in [0.1, 0.15) is 15.9 Å². The summed E-state index contributed by atoms with van der Waals surface area (Å²) in [5.74, 6) is 0.0248. The Morgan fingerprint density at radius 1 is 1.00 bits per heavy atom. The van der Waals surface area contributed by atoms with Crippen LogP contribution in [0.15, 0.2) is 60.2 Å². The molecule has 8 heteroatoms. The van der Waals surface area contributed by atoms with Gasteiger partial charge in [-0.05, 0) is 45.0 Å². The number of tetrazole rings is 1. The Morgan fingerprint density at radius 3 is 2.62 bits per heavy atom. The van der Waals surface area contributed by atoms with Crippen LogP contribution in [-0.4, -0.2) is 62.1 Å². The third kappa shape index (κ3) is 3.52. The van der Waals surface area contributed by atoms with Crippen molar-refractivity contribution in [1.29, 1.82) is 0 Å². The molecule has 4 aromatic rings. The molecule has 146 valence electrons. The van der Waals surface area contributed by atoms with Crippen molar-refractivity contribution in [3.8, 4) is 5.69 Å². The predicted molar refractivity (Wildman–Crippen MR) is 112 cm³/mol. The van der Waals surface area contributed by atoms with Crippen molar-refractivity contribution in [1.82, 2.24) is 30.0 Å². The first kappa shape index (κ1) is 18.0.